The highest BCUT2D eigenvalue weighted by atomic mass is 19.1. The SMILES string of the molecule is CC(C)(F)CN1CCc2c([nH]c3ccccc23)C1c1ccc2[nH]c(CN3CC(C)(F)C3)cc2c1. The molecule has 1 unspecified atom stereocenters. The number of aromatic amines is 2. The standard InChI is InChI=1S/C28H32F2N4/c1-27(2,29)15-34-11-10-22-21-6-4-5-7-24(21)32-25(22)26(34)18-8-9-23-19(12-18)13-20(31-23)14-33-16-28(3,30)17-33/h4-9,12-13,26,31-32H,10-11,14-17H2,1-3H3. The Bertz CT molecular complexity index is 1350. The van der Waals surface area contributed by atoms with E-state index in [-0.39, 0.29) is 6.04 Å². The van der Waals surface area contributed by atoms with Crippen LogP contribution in [-0.2, 0) is 13.0 Å². The van der Waals surface area contributed by atoms with Crippen LogP contribution in [0.5, 0.6) is 0 Å². The number of hydrogen-bond acceptors (Lipinski definition) is 2. The molecule has 0 bridgehead atoms. The van der Waals surface area contributed by atoms with E-state index in [1.807, 2.05) is 0 Å². The zero-order valence-electron chi connectivity index (χ0n) is 20.1. The lowest BCUT2D eigenvalue weighted by Crippen LogP contribution is -2.56. The summed E-state index contributed by atoms with van der Waals surface area (Å²) in [6.07, 6.45) is 0.909. The molecule has 4 nitrogen and oxygen atoms in total. The molecule has 0 radical (unpaired) electrons. The summed E-state index contributed by atoms with van der Waals surface area (Å²) in [5.41, 5.74) is 4.64. The number of para-hydroxylation sites is 1. The molecule has 2 aromatic carbocycles. The Hall–Kier alpha value is -2.70. The van der Waals surface area contributed by atoms with E-state index in [2.05, 4.69) is 68.3 Å². The Morgan fingerprint density at radius 1 is 1.06 bits per heavy atom. The lowest BCUT2D eigenvalue weighted by atomic mass is 9.91. The van der Waals surface area contributed by atoms with Crippen LogP contribution in [0.25, 0.3) is 21.8 Å². The Morgan fingerprint density at radius 3 is 2.62 bits per heavy atom. The first kappa shape index (κ1) is 21.8. The average molecular weight is 463 g/mol. The van der Waals surface area contributed by atoms with Crippen molar-refractivity contribution in [2.75, 3.05) is 26.2 Å². The van der Waals surface area contributed by atoms with Crippen LogP contribution in [0, 0.1) is 0 Å². The summed E-state index contributed by atoms with van der Waals surface area (Å²) in [5, 5.41) is 2.40. The van der Waals surface area contributed by atoms with Gasteiger partial charge in [0.15, 0.2) is 0 Å². The van der Waals surface area contributed by atoms with Crippen molar-refractivity contribution < 1.29 is 8.78 Å². The number of alkyl halides is 2. The van der Waals surface area contributed by atoms with E-state index < -0.39 is 11.3 Å². The number of H-pyrrole nitrogens is 2. The summed E-state index contributed by atoms with van der Waals surface area (Å²) in [6.45, 7) is 7.85. The smallest absolute Gasteiger partial charge is 0.133 e. The van der Waals surface area contributed by atoms with E-state index in [9.17, 15) is 8.78 Å². The molecular formula is C28H32F2N4. The predicted octanol–water partition coefficient (Wildman–Crippen LogP) is 5.89. The van der Waals surface area contributed by atoms with Gasteiger partial charge in [-0.15, -0.1) is 0 Å². The molecule has 2 aromatic heterocycles. The van der Waals surface area contributed by atoms with E-state index in [4.69, 9.17) is 0 Å². The second-order valence-electron chi connectivity index (χ2n) is 11.1. The summed E-state index contributed by atoms with van der Waals surface area (Å²) in [6, 6.07) is 17.1. The third kappa shape index (κ3) is 3.93. The summed E-state index contributed by atoms with van der Waals surface area (Å²) >= 11 is 0. The molecule has 2 aliphatic heterocycles. The Balaban J connectivity index is 1.38. The van der Waals surface area contributed by atoms with Crippen LogP contribution in [0.15, 0.2) is 48.5 Å². The maximum Gasteiger partial charge on any atom is 0.133 e. The third-order valence-electron chi connectivity index (χ3n) is 7.23. The summed E-state index contributed by atoms with van der Waals surface area (Å²) in [5.74, 6) is 0. The molecule has 2 N–H and O–H groups in total. The van der Waals surface area contributed by atoms with Gasteiger partial charge < -0.3 is 9.97 Å². The lowest BCUT2D eigenvalue weighted by molar-refractivity contribution is -0.0231. The van der Waals surface area contributed by atoms with Crippen LogP contribution in [0.2, 0.25) is 0 Å². The second-order valence-corrected chi connectivity index (χ2v) is 11.1. The van der Waals surface area contributed by atoms with E-state index in [0.717, 1.165) is 47.2 Å². The zero-order chi connectivity index (χ0) is 23.7. The van der Waals surface area contributed by atoms with Gasteiger partial charge in [0, 0.05) is 65.9 Å². The summed E-state index contributed by atoms with van der Waals surface area (Å²) in [4.78, 5) is 11.6. The highest BCUT2D eigenvalue weighted by molar-refractivity contribution is 5.86. The maximum atomic E-state index is 14.8. The molecule has 1 fully saturated rings. The van der Waals surface area contributed by atoms with Gasteiger partial charge >= 0.3 is 0 Å². The van der Waals surface area contributed by atoms with Crippen LogP contribution in [0.3, 0.4) is 0 Å². The topological polar surface area (TPSA) is 38.1 Å². The molecule has 0 amide bonds. The van der Waals surface area contributed by atoms with E-state index in [1.54, 1.807) is 20.8 Å². The molecule has 0 aliphatic carbocycles. The van der Waals surface area contributed by atoms with Gasteiger partial charge in [0.2, 0.25) is 0 Å². The first-order valence-electron chi connectivity index (χ1n) is 12.2. The van der Waals surface area contributed by atoms with E-state index in [0.29, 0.717) is 19.6 Å². The molecule has 178 valence electrons. The quantitative estimate of drug-likeness (QED) is 0.388. The fourth-order valence-electron chi connectivity index (χ4n) is 6.03. The Morgan fingerprint density at radius 2 is 1.85 bits per heavy atom. The molecule has 6 rings (SSSR count). The van der Waals surface area contributed by atoms with E-state index >= 15 is 0 Å². The zero-order valence-corrected chi connectivity index (χ0v) is 20.1. The van der Waals surface area contributed by atoms with Crippen molar-refractivity contribution in [1.29, 1.82) is 0 Å². The Labute approximate surface area is 198 Å². The van der Waals surface area contributed by atoms with Crippen molar-refractivity contribution in [2.24, 2.45) is 0 Å². The first-order chi connectivity index (χ1) is 16.2. The summed E-state index contributed by atoms with van der Waals surface area (Å²) < 4.78 is 28.7. The molecule has 1 saturated heterocycles. The number of fused-ring (bicyclic) bond motifs is 4. The maximum absolute atomic E-state index is 14.8. The number of nitrogens with one attached hydrogen (secondary N) is 2. The largest absolute Gasteiger partial charge is 0.357 e. The van der Waals surface area contributed by atoms with Gasteiger partial charge in [-0.2, -0.15) is 0 Å². The lowest BCUT2D eigenvalue weighted by Gasteiger charge is -2.41. The van der Waals surface area contributed by atoms with Crippen molar-refractivity contribution in [2.45, 2.75) is 51.1 Å². The Kier molecular flexibility index (Phi) is 4.91. The van der Waals surface area contributed by atoms with Crippen LogP contribution in [0.1, 0.15) is 49.3 Å². The highest BCUT2D eigenvalue weighted by Gasteiger charge is 2.39. The average Bonchev–Trinajstić information content (AvgIpc) is 3.31. The van der Waals surface area contributed by atoms with Gasteiger partial charge in [-0.1, -0.05) is 24.3 Å². The molecule has 0 saturated carbocycles. The normalized spacial score (nSPS) is 21.1. The number of halogens is 2. The fraction of sp³-hybridized carbons (Fsp3) is 0.429. The number of rotatable bonds is 5. The van der Waals surface area contributed by atoms with Crippen LogP contribution >= 0.6 is 0 Å². The number of likely N-dealkylation sites (tertiary alicyclic amines) is 1. The third-order valence-corrected chi connectivity index (χ3v) is 7.23. The van der Waals surface area contributed by atoms with Gasteiger partial charge in [0.25, 0.3) is 0 Å². The van der Waals surface area contributed by atoms with Crippen LogP contribution < -0.4 is 0 Å². The summed E-state index contributed by atoms with van der Waals surface area (Å²) in [7, 11) is 0. The van der Waals surface area contributed by atoms with Crippen molar-refractivity contribution in [1.82, 2.24) is 19.8 Å². The number of aromatic nitrogens is 2. The molecule has 6 heteroatoms. The fourth-order valence-corrected chi connectivity index (χ4v) is 6.03. The van der Waals surface area contributed by atoms with Crippen LogP contribution in [-0.4, -0.2) is 57.3 Å². The van der Waals surface area contributed by atoms with Gasteiger partial charge in [-0.3, -0.25) is 9.80 Å². The van der Waals surface area contributed by atoms with Crippen molar-refractivity contribution >= 4 is 21.8 Å². The number of hydrogen-bond donors (Lipinski definition) is 2. The monoisotopic (exact) mass is 462 g/mol. The molecule has 4 aromatic rings. The van der Waals surface area contributed by atoms with Gasteiger partial charge in [-0.05, 0) is 62.6 Å². The van der Waals surface area contributed by atoms with Gasteiger partial charge in [-0.25, -0.2) is 8.78 Å². The number of benzene rings is 2. The molecular weight excluding hydrogens is 430 g/mol. The molecule has 2 aliphatic rings. The van der Waals surface area contributed by atoms with Gasteiger partial charge in [0.1, 0.15) is 11.3 Å². The van der Waals surface area contributed by atoms with Crippen molar-refractivity contribution in [3.8, 4) is 0 Å². The molecule has 1 atom stereocenters. The predicted molar refractivity (Wildman–Crippen MR) is 134 cm³/mol. The molecule has 0 spiro atoms. The van der Waals surface area contributed by atoms with Crippen molar-refractivity contribution in [3.63, 3.8) is 0 Å². The van der Waals surface area contributed by atoms with Crippen molar-refractivity contribution in [3.05, 3.63) is 71.0 Å². The molecule has 4 heterocycles. The minimum atomic E-state index is -1.28. The second kappa shape index (κ2) is 7.65. The molecule has 34 heavy (non-hydrogen) atoms. The minimum Gasteiger partial charge on any atom is -0.357 e. The number of nitrogens with zero attached hydrogens (tertiary/aromatic N) is 2. The van der Waals surface area contributed by atoms with E-state index in [1.165, 1.54) is 16.6 Å². The minimum absolute atomic E-state index is 0.0310. The van der Waals surface area contributed by atoms with Gasteiger partial charge in [0.05, 0.1) is 6.04 Å². The van der Waals surface area contributed by atoms with Crippen LogP contribution in [0.4, 0.5) is 8.78 Å². The highest BCUT2D eigenvalue weighted by Crippen LogP contribution is 2.40. The first-order valence-corrected chi connectivity index (χ1v) is 12.2.